The standard InChI is InChI=1S/C13H10FN3OS/c14-10-1-2-13(12(16)6-10)19(18)8-9-3-4-17-11(5-9)7-15/h1-6H,8,16H2. The van der Waals surface area contributed by atoms with Gasteiger partial charge in [-0.15, -0.1) is 0 Å². The van der Waals surface area contributed by atoms with Gasteiger partial charge >= 0.3 is 0 Å². The number of nitrogens with zero attached hydrogens (tertiary/aromatic N) is 2. The molecule has 1 aromatic heterocycles. The van der Waals surface area contributed by atoms with E-state index in [2.05, 4.69) is 4.98 Å². The largest absolute Gasteiger partial charge is 0.398 e. The SMILES string of the molecule is N#Cc1cc(CS(=O)c2ccc(F)cc2N)ccn1. The number of rotatable bonds is 3. The average Bonchev–Trinajstić information content (AvgIpc) is 2.38. The Bertz CT molecular complexity index is 682. The molecule has 0 saturated heterocycles. The Kier molecular flexibility index (Phi) is 3.88. The third-order valence-electron chi connectivity index (χ3n) is 2.45. The van der Waals surface area contributed by atoms with Crippen LogP contribution in [-0.2, 0) is 16.6 Å². The second-order valence-electron chi connectivity index (χ2n) is 3.83. The van der Waals surface area contributed by atoms with Crippen molar-refractivity contribution in [3.05, 3.63) is 53.6 Å². The maximum atomic E-state index is 12.9. The summed E-state index contributed by atoms with van der Waals surface area (Å²) in [5.74, 6) is -0.263. The van der Waals surface area contributed by atoms with Crippen molar-refractivity contribution in [2.45, 2.75) is 10.6 Å². The van der Waals surface area contributed by atoms with Crippen LogP contribution in [0.3, 0.4) is 0 Å². The van der Waals surface area contributed by atoms with Crippen LogP contribution < -0.4 is 5.73 Å². The van der Waals surface area contributed by atoms with Crippen molar-refractivity contribution in [1.82, 2.24) is 4.98 Å². The fourth-order valence-electron chi connectivity index (χ4n) is 1.58. The van der Waals surface area contributed by atoms with Crippen LogP contribution in [0, 0.1) is 17.1 Å². The van der Waals surface area contributed by atoms with Gasteiger partial charge in [-0.25, -0.2) is 9.37 Å². The number of halogens is 1. The summed E-state index contributed by atoms with van der Waals surface area (Å²) in [6.45, 7) is 0. The summed E-state index contributed by atoms with van der Waals surface area (Å²) >= 11 is 0. The number of pyridine rings is 1. The van der Waals surface area contributed by atoms with E-state index < -0.39 is 16.6 Å². The summed E-state index contributed by atoms with van der Waals surface area (Å²) in [4.78, 5) is 4.22. The second-order valence-corrected chi connectivity index (χ2v) is 5.25. The Morgan fingerprint density at radius 1 is 1.37 bits per heavy atom. The fraction of sp³-hybridized carbons (Fsp3) is 0.0769. The van der Waals surface area contributed by atoms with E-state index in [1.807, 2.05) is 6.07 Å². The first-order chi connectivity index (χ1) is 9.10. The van der Waals surface area contributed by atoms with Gasteiger partial charge in [0.2, 0.25) is 0 Å². The van der Waals surface area contributed by atoms with E-state index in [0.29, 0.717) is 10.5 Å². The lowest BCUT2D eigenvalue weighted by Gasteiger charge is -2.06. The van der Waals surface area contributed by atoms with Crippen LogP contribution in [0.2, 0.25) is 0 Å². The highest BCUT2D eigenvalue weighted by Crippen LogP contribution is 2.20. The quantitative estimate of drug-likeness (QED) is 0.869. The minimum absolute atomic E-state index is 0.160. The summed E-state index contributed by atoms with van der Waals surface area (Å²) in [6.07, 6.45) is 1.49. The molecule has 6 heteroatoms. The predicted octanol–water partition coefficient (Wildman–Crippen LogP) is 1.98. The maximum absolute atomic E-state index is 12.9. The van der Waals surface area contributed by atoms with Gasteiger partial charge in [-0.2, -0.15) is 5.26 Å². The average molecular weight is 275 g/mol. The number of benzene rings is 1. The Labute approximate surface area is 112 Å². The molecule has 0 saturated carbocycles. The van der Waals surface area contributed by atoms with E-state index in [0.717, 1.165) is 6.07 Å². The van der Waals surface area contributed by atoms with Gasteiger partial charge in [0.15, 0.2) is 0 Å². The lowest BCUT2D eigenvalue weighted by Crippen LogP contribution is -2.02. The van der Waals surface area contributed by atoms with Crippen molar-refractivity contribution in [2.75, 3.05) is 5.73 Å². The maximum Gasteiger partial charge on any atom is 0.140 e. The van der Waals surface area contributed by atoms with Crippen molar-refractivity contribution >= 4 is 16.5 Å². The molecule has 0 bridgehead atoms. The highest BCUT2D eigenvalue weighted by atomic mass is 32.2. The molecular weight excluding hydrogens is 265 g/mol. The molecule has 2 rings (SSSR count). The van der Waals surface area contributed by atoms with Crippen molar-refractivity contribution in [3.63, 3.8) is 0 Å². The third-order valence-corrected chi connectivity index (χ3v) is 3.91. The molecule has 1 atom stereocenters. The molecular formula is C13H10FN3OS. The van der Waals surface area contributed by atoms with Crippen LogP contribution in [0.15, 0.2) is 41.4 Å². The molecule has 0 fully saturated rings. The monoisotopic (exact) mass is 275 g/mol. The Hall–Kier alpha value is -2.26. The smallest absolute Gasteiger partial charge is 0.140 e. The molecule has 0 spiro atoms. The predicted molar refractivity (Wildman–Crippen MR) is 69.9 cm³/mol. The van der Waals surface area contributed by atoms with Gasteiger partial charge < -0.3 is 5.73 Å². The zero-order chi connectivity index (χ0) is 13.8. The zero-order valence-electron chi connectivity index (χ0n) is 9.84. The summed E-state index contributed by atoms with van der Waals surface area (Å²) in [7, 11) is -1.39. The third kappa shape index (κ3) is 3.14. The highest BCUT2D eigenvalue weighted by Gasteiger charge is 2.10. The van der Waals surface area contributed by atoms with Crippen LogP contribution >= 0.6 is 0 Å². The van der Waals surface area contributed by atoms with Crippen molar-refractivity contribution in [3.8, 4) is 6.07 Å². The van der Waals surface area contributed by atoms with E-state index in [-0.39, 0.29) is 17.1 Å². The Morgan fingerprint density at radius 3 is 2.84 bits per heavy atom. The van der Waals surface area contributed by atoms with E-state index in [1.165, 1.54) is 18.3 Å². The minimum atomic E-state index is -1.39. The van der Waals surface area contributed by atoms with E-state index in [4.69, 9.17) is 11.0 Å². The summed E-state index contributed by atoms with van der Waals surface area (Å²) in [5.41, 5.74) is 6.78. The van der Waals surface area contributed by atoms with Crippen molar-refractivity contribution in [2.24, 2.45) is 0 Å². The number of anilines is 1. The van der Waals surface area contributed by atoms with Crippen LogP contribution in [-0.4, -0.2) is 9.19 Å². The number of nitriles is 1. The lowest BCUT2D eigenvalue weighted by atomic mass is 10.2. The number of nitrogens with two attached hydrogens (primary N) is 1. The van der Waals surface area contributed by atoms with Crippen LogP contribution in [0.4, 0.5) is 10.1 Å². The number of hydrogen-bond acceptors (Lipinski definition) is 4. The molecule has 1 aromatic carbocycles. The van der Waals surface area contributed by atoms with Gasteiger partial charge in [-0.05, 0) is 35.9 Å². The molecule has 0 aliphatic carbocycles. The zero-order valence-corrected chi connectivity index (χ0v) is 10.7. The second kappa shape index (κ2) is 5.59. The van der Waals surface area contributed by atoms with Gasteiger partial charge in [-0.3, -0.25) is 4.21 Å². The Morgan fingerprint density at radius 2 is 2.16 bits per heavy atom. The first kappa shape index (κ1) is 13.2. The molecule has 1 heterocycles. The summed E-state index contributed by atoms with van der Waals surface area (Å²) in [5, 5.41) is 8.74. The van der Waals surface area contributed by atoms with Gasteiger partial charge in [0, 0.05) is 6.20 Å². The fourth-order valence-corrected chi connectivity index (χ4v) is 2.76. The summed E-state index contributed by atoms with van der Waals surface area (Å²) in [6, 6.07) is 8.93. The normalized spacial score (nSPS) is 11.8. The molecule has 2 aromatic rings. The number of nitrogen functional groups attached to an aromatic ring is 1. The van der Waals surface area contributed by atoms with Crippen LogP contribution in [0.25, 0.3) is 0 Å². The first-order valence-electron chi connectivity index (χ1n) is 5.38. The molecule has 4 nitrogen and oxygen atoms in total. The van der Waals surface area contributed by atoms with E-state index in [1.54, 1.807) is 12.1 Å². The van der Waals surface area contributed by atoms with Crippen LogP contribution in [0.5, 0.6) is 0 Å². The molecule has 0 radical (unpaired) electrons. The Balaban J connectivity index is 2.23. The minimum Gasteiger partial charge on any atom is -0.398 e. The molecule has 0 aliphatic rings. The molecule has 1 unspecified atom stereocenters. The molecule has 96 valence electrons. The molecule has 0 aliphatic heterocycles. The van der Waals surface area contributed by atoms with Gasteiger partial charge in [0.25, 0.3) is 0 Å². The van der Waals surface area contributed by atoms with Crippen molar-refractivity contribution < 1.29 is 8.60 Å². The summed E-state index contributed by atoms with van der Waals surface area (Å²) < 4.78 is 25.1. The first-order valence-corrected chi connectivity index (χ1v) is 6.70. The van der Waals surface area contributed by atoms with Crippen molar-refractivity contribution in [1.29, 1.82) is 5.26 Å². The van der Waals surface area contributed by atoms with E-state index in [9.17, 15) is 8.60 Å². The number of hydrogen-bond donors (Lipinski definition) is 1. The van der Waals surface area contributed by atoms with Gasteiger partial charge in [0.05, 0.1) is 27.1 Å². The molecule has 0 amide bonds. The van der Waals surface area contributed by atoms with Gasteiger partial charge in [0.1, 0.15) is 17.6 Å². The van der Waals surface area contributed by atoms with Crippen LogP contribution in [0.1, 0.15) is 11.3 Å². The molecule has 2 N–H and O–H groups in total. The molecule has 19 heavy (non-hydrogen) atoms. The lowest BCUT2D eigenvalue weighted by molar-refractivity contribution is 0.627. The topological polar surface area (TPSA) is 79.8 Å². The number of aromatic nitrogens is 1. The van der Waals surface area contributed by atoms with E-state index >= 15 is 0 Å². The van der Waals surface area contributed by atoms with Gasteiger partial charge in [-0.1, -0.05) is 0 Å². The highest BCUT2D eigenvalue weighted by molar-refractivity contribution is 7.84.